The van der Waals surface area contributed by atoms with E-state index in [1.54, 1.807) is 26.2 Å². The summed E-state index contributed by atoms with van der Waals surface area (Å²) in [5.41, 5.74) is -3.98. The van der Waals surface area contributed by atoms with E-state index in [1.807, 2.05) is 6.92 Å². The number of methoxy groups -OCH3 is 1. The van der Waals surface area contributed by atoms with Crippen LogP contribution in [0.25, 0.3) is 0 Å². The standard InChI is InChI=1S/C27H34ClF3N4O4/c1-17(16-32-25(37)26(38,27(29,30)31)19-6-5-7-20(15-19)39-4)14-18-10-12-35(13-11-18)22-9-8-21(23(28)33-22)24(36)34(2)3/h5-9,15,17-18,38H,10-14,16H2,1-4H3,(H,32,37)/t17-,26?/m1/s1. The summed E-state index contributed by atoms with van der Waals surface area (Å²) < 4.78 is 46.6. The smallest absolute Gasteiger partial charge is 0.430 e. The summed E-state index contributed by atoms with van der Waals surface area (Å²) in [6.07, 6.45) is -2.88. The van der Waals surface area contributed by atoms with Gasteiger partial charge in [0.15, 0.2) is 0 Å². The molecule has 1 saturated heterocycles. The summed E-state index contributed by atoms with van der Waals surface area (Å²) >= 11 is 6.25. The minimum atomic E-state index is -5.23. The highest BCUT2D eigenvalue weighted by Gasteiger charge is 2.60. The molecule has 0 saturated carbocycles. The number of hydrogen-bond acceptors (Lipinski definition) is 6. The van der Waals surface area contributed by atoms with Gasteiger partial charge in [-0.1, -0.05) is 30.7 Å². The number of carbonyl (C=O) groups excluding carboxylic acids is 2. The minimum absolute atomic E-state index is 0.0140. The number of halogens is 4. The van der Waals surface area contributed by atoms with Crippen molar-refractivity contribution in [3.63, 3.8) is 0 Å². The molecule has 214 valence electrons. The summed E-state index contributed by atoms with van der Waals surface area (Å²) in [5, 5.41) is 13.0. The maximum Gasteiger partial charge on any atom is 0.430 e. The number of hydrogen-bond donors (Lipinski definition) is 2. The molecule has 0 radical (unpaired) electrons. The molecule has 2 amide bonds. The molecule has 1 unspecified atom stereocenters. The summed E-state index contributed by atoms with van der Waals surface area (Å²) in [6, 6.07) is 8.19. The van der Waals surface area contributed by atoms with Gasteiger partial charge in [-0.05, 0) is 55.4 Å². The van der Waals surface area contributed by atoms with Gasteiger partial charge in [0.25, 0.3) is 17.4 Å². The number of carbonyl (C=O) groups is 2. The topological polar surface area (TPSA) is 95.0 Å². The molecule has 1 aromatic heterocycles. The molecular formula is C27H34ClF3N4O4. The number of nitrogens with zero attached hydrogens (tertiary/aromatic N) is 3. The molecule has 0 aliphatic carbocycles. The number of piperidine rings is 1. The molecule has 2 N–H and O–H groups in total. The van der Waals surface area contributed by atoms with Crippen LogP contribution < -0.4 is 15.0 Å². The zero-order valence-corrected chi connectivity index (χ0v) is 23.1. The van der Waals surface area contributed by atoms with Crippen LogP contribution in [0.15, 0.2) is 36.4 Å². The molecule has 0 bridgehead atoms. The van der Waals surface area contributed by atoms with Crippen molar-refractivity contribution < 1.29 is 32.6 Å². The Balaban J connectivity index is 1.55. The molecule has 8 nitrogen and oxygen atoms in total. The molecule has 0 spiro atoms. The maximum absolute atomic E-state index is 13.9. The molecule has 1 aromatic carbocycles. The fourth-order valence-electron chi connectivity index (χ4n) is 4.72. The Morgan fingerprint density at radius 1 is 1.23 bits per heavy atom. The third-order valence-corrected chi connectivity index (χ3v) is 7.27. The van der Waals surface area contributed by atoms with Crippen molar-refractivity contribution in [3.8, 4) is 5.75 Å². The van der Waals surface area contributed by atoms with Crippen LogP contribution in [0.3, 0.4) is 0 Å². The number of anilines is 1. The fourth-order valence-corrected chi connectivity index (χ4v) is 4.95. The van der Waals surface area contributed by atoms with Crippen molar-refractivity contribution in [2.75, 3.05) is 45.7 Å². The lowest BCUT2D eigenvalue weighted by atomic mass is 9.87. The molecule has 12 heteroatoms. The summed E-state index contributed by atoms with van der Waals surface area (Å²) in [4.78, 5) is 32.7. The van der Waals surface area contributed by atoms with E-state index in [0.29, 0.717) is 36.8 Å². The van der Waals surface area contributed by atoms with Crippen molar-refractivity contribution in [1.82, 2.24) is 15.2 Å². The first-order chi connectivity index (χ1) is 18.3. The molecule has 2 heterocycles. The number of aromatic nitrogens is 1. The van der Waals surface area contributed by atoms with E-state index < -0.39 is 23.2 Å². The molecular weight excluding hydrogens is 537 g/mol. The number of nitrogens with one attached hydrogen (secondary N) is 1. The number of pyridine rings is 1. The van der Waals surface area contributed by atoms with Crippen molar-refractivity contribution >= 4 is 29.2 Å². The van der Waals surface area contributed by atoms with Crippen LogP contribution in [0.1, 0.15) is 42.1 Å². The number of alkyl halides is 3. The van der Waals surface area contributed by atoms with Crippen LogP contribution in [-0.2, 0) is 10.4 Å². The average molecular weight is 571 g/mol. The minimum Gasteiger partial charge on any atom is -0.497 e. The zero-order chi connectivity index (χ0) is 29.0. The van der Waals surface area contributed by atoms with E-state index >= 15 is 0 Å². The number of benzene rings is 1. The number of amides is 2. The van der Waals surface area contributed by atoms with Crippen molar-refractivity contribution in [1.29, 1.82) is 0 Å². The second-order valence-electron chi connectivity index (χ2n) is 10.1. The quantitative estimate of drug-likeness (QED) is 0.438. The van der Waals surface area contributed by atoms with Gasteiger partial charge >= 0.3 is 6.18 Å². The van der Waals surface area contributed by atoms with E-state index in [9.17, 15) is 27.9 Å². The normalized spacial score (nSPS) is 16.8. The van der Waals surface area contributed by atoms with Gasteiger partial charge < -0.3 is 25.0 Å². The Kier molecular flexibility index (Phi) is 9.71. The third kappa shape index (κ3) is 6.94. The molecule has 3 rings (SSSR count). The monoisotopic (exact) mass is 570 g/mol. The molecule has 39 heavy (non-hydrogen) atoms. The molecule has 1 fully saturated rings. The Labute approximate surface area is 231 Å². The molecule has 1 aliphatic heterocycles. The van der Waals surface area contributed by atoms with Crippen molar-refractivity contribution in [2.45, 2.75) is 38.0 Å². The Bertz CT molecular complexity index is 1170. The average Bonchev–Trinajstić information content (AvgIpc) is 2.90. The summed E-state index contributed by atoms with van der Waals surface area (Å²) in [7, 11) is 4.57. The lowest BCUT2D eigenvalue weighted by Gasteiger charge is -2.34. The SMILES string of the molecule is COc1cccc(C(O)(C(=O)NC[C@H](C)CC2CCN(c3ccc(C(=O)N(C)C)c(Cl)n3)CC2)C(F)(F)F)c1. The van der Waals surface area contributed by atoms with E-state index in [-0.39, 0.29) is 29.3 Å². The van der Waals surface area contributed by atoms with Gasteiger partial charge in [-0.15, -0.1) is 0 Å². The van der Waals surface area contributed by atoms with E-state index in [4.69, 9.17) is 16.3 Å². The Morgan fingerprint density at radius 3 is 2.46 bits per heavy atom. The zero-order valence-electron chi connectivity index (χ0n) is 22.4. The second-order valence-corrected chi connectivity index (χ2v) is 10.5. The first-order valence-electron chi connectivity index (χ1n) is 12.6. The Morgan fingerprint density at radius 2 is 1.90 bits per heavy atom. The molecule has 2 aromatic rings. The van der Waals surface area contributed by atoms with Crippen molar-refractivity contribution in [2.24, 2.45) is 11.8 Å². The molecule has 2 atom stereocenters. The Hall–Kier alpha value is -3.05. The van der Waals surface area contributed by atoms with Crippen LogP contribution in [0.5, 0.6) is 5.75 Å². The van der Waals surface area contributed by atoms with Crippen LogP contribution in [-0.4, -0.2) is 73.8 Å². The lowest BCUT2D eigenvalue weighted by Crippen LogP contribution is -2.55. The van der Waals surface area contributed by atoms with E-state index in [2.05, 4.69) is 15.2 Å². The number of aliphatic hydroxyl groups is 1. The van der Waals surface area contributed by atoms with Crippen LogP contribution in [0.4, 0.5) is 19.0 Å². The van der Waals surface area contributed by atoms with Gasteiger partial charge in [0.05, 0.1) is 12.7 Å². The van der Waals surface area contributed by atoms with Crippen LogP contribution >= 0.6 is 11.6 Å². The number of rotatable bonds is 9. The van der Waals surface area contributed by atoms with Gasteiger partial charge in [0.1, 0.15) is 16.7 Å². The predicted octanol–water partition coefficient (Wildman–Crippen LogP) is 4.25. The van der Waals surface area contributed by atoms with E-state index in [0.717, 1.165) is 25.0 Å². The highest BCUT2D eigenvalue weighted by atomic mass is 35.5. The first-order valence-corrected chi connectivity index (χ1v) is 13.0. The number of ether oxygens (including phenoxy) is 1. The highest BCUT2D eigenvalue weighted by Crippen LogP contribution is 2.40. The first kappa shape index (κ1) is 30.5. The lowest BCUT2D eigenvalue weighted by molar-refractivity contribution is -0.257. The van der Waals surface area contributed by atoms with Gasteiger partial charge in [0.2, 0.25) is 0 Å². The van der Waals surface area contributed by atoms with Gasteiger partial charge in [-0.25, -0.2) is 4.98 Å². The highest BCUT2D eigenvalue weighted by molar-refractivity contribution is 6.32. The van der Waals surface area contributed by atoms with Crippen LogP contribution in [0.2, 0.25) is 5.15 Å². The molecule has 1 aliphatic rings. The van der Waals surface area contributed by atoms with Gasteiger partial charge in [-0.2, -0.15) is 13.2 Å². The third-order valence-electron chi connectivity index (χ3n) is 6.98. The fraction of sp³-hybridized carbons (Fsp3) is 0.519. The van der Waals surface area contributed by atoms with E-state index in [1.165, 1.54) is 24.1 Å². The van der Waals surface area contributed by atoms with Gasteiger partial charge in [0, 0.05) is 39.3 Å². The second kappa shape index (κ2) is 12.4. The van der Waals surface area contributed by atoms with Gasteiger partial charge in [-0.3, -0.25) is 9.59 Å². The summed E-state index contributed by atoms with van der Waals surface area (Å²) in [5.74, 6) is -0.786. The van der Waals surface area contributed by atoms with Crippen molar-refractivity contribution in [3.05, 3.63) is 52.7 Å². The van der Waals surface area contributed by atoms with Crippen LogP contribution in [0, 0.1) is 11.8 Å². The summed E-state index contributed by atoms with van der Waals surface area (Å²) in [6.45, 7) is 3.25. The maximum atomic E-state index is 13.9. The predicted molar refractivity (Wildman–Crippen MR) is 142 cm³/mol. The largest absolute Gasteiger partial charge is 0.497 e.